The van der Waals surface area contributed by atoms with Crippen molar-refractivity contribution < 1.29 is 17.9 Å². The molecule has 0 aliphatic rings. The van der Waals surface area contributed by atoms with E-state index in [-0.39, 0.29) is 23.3 Å². The van der Waals surface area contributed by atoms with Crippen molar-refractivity contribution in [2.45, 2.75) is 13.1 Å². The standard InChI is InChI=1S/C13H13F3N4O/c1-3-21-12-19-10(18-11(17-2)20-12)8-5-4-6-9(7-8)13(14,15)16/h4-7H,3H2,1-2H3,(H,17,18,19,20). The first-order valence-corrected chi connectivity index (χ1v) is 6.18. The van der Waals surface area contributed by atoms with Crippen molar-refractivity contribution in [3.63, 3.8) is 0 Å². The van der Waals surface area contributed by atoms with E-state index in [4.69, 9.17) is 4.74 Å². The van der Waals surface area contributed by atoms with Gasteiger partial charge in [0.2, 0.25) is 5.95 Å². The summed E-state index contributed by atoms with van der Waals surface area (Å²) in [7, 11) is 1.60. The fourth-order valence-electron chi connectivity index (χ4n) is 1.63. The van der Waals surface area contributed by atoms with E-state index in [2.05, 4.69) is 20.3 Å². The smallest absolute Gasteiger partial charge is 0.416 e. The maximum Gasteiger partial charge on any atom is 0.416 e. The molecule has 0 aliphatic heterocycles. The Morgan fingerprint density at radius 2 is 1.95 bits per heavy atom. The van der Waals surface area contributed by atoms with Gasteiger partial charge in [0.25, 0.3) is 0 Å². The lowest BCUT2D eigenvalue weighted by Gasteiger charge is -2.09. The van der Waals surface area contributed by atoms with Crippen LogP contribution in [0.25, 0.3) is 11.4 Å². The molecule has 0 bridgehead atoms. The average Bonchev–Trinajstić information content (AvgIpc) is 2.46. The first-order chi connectivity index (χ1) is 9.94. The van der Waals surface area contributed by atoms with Crippen LogP contribution in [-0.2, 0) is 6.18 Å². The van der Waals surface area contributed by atoms with Gasteiger partial charge in [-0.05, 0) is 19.1 Å². The molecule has 0 spiro atoms. The summed E-state index contributed by atoms with van der Waals surface area (Å²) in [5.74, 6) is 0.338. The number of nitrogens with one attached hydrogen (secondary N) is 1. The molecule has 0 fully saturated rings. The third kappa shape index (κ3) is 3.59. The van der Waals surface area contributed by atoms with Gasteiger partial charge in [-0.1, -0.05) is 12.1 Å². The monoisotopic (exact) mass is 298 g/mol. The summed E-state index contributed by atoms with van der Waals surface area (Å²) >= 11 is 0. The van der Waals surface area contributed by atoms with E-state index < -0.39 is 11.7 Å². The third-order valence-electron chi connectivity index (χ3n) is 2.56. The zero-order valence-electron chi connectivity index (χ0n) is 11.4. The molecule has 2 rings (SSSR count). The zero-order chi connectivity index (χ0) is 15.5. The van der Waals surface area contributed by atoms with Crippen LogP contribution >= 0.6 is 0 Å². The molecule has 0 radical (unpaired) electrons. The van der Waals surface area contributed by atoms with Crippen LogP contribution < -0.4 is 10.1 Å². The van der Waals surface area contributed by atoms with Crippen LogP contribution in [0, 0.1) is 0 Å². The first kappa shape index (κ1) is 15.0. The predicted octanol–water partition coefficient (Wildman–Crippen LogP) is 3.00. The molecule has 1 aromatic carbocycles. The van der Waals surface area contributed by atoms with Gasteiger partial charge < -0.3 is 10.1 Å². The Kier molecular flexibility index (Phi) is 4.25. The molecule has 0 amide bonds. The number of ether oxygens (including phenoxy) is 1. The topological polar surface area (TPSA) is 59.9 Å². The van der Waals surface area contributed by atoms with Crippen LogP contribution in [0.1, 0.15) is 12.5 Å². The number of nitrogens with zero attached hydrogens (tertiary/aromatic N) is 3. The molecule has 1 N–H and O–H groups in total. The summed E-state index contributed by atoms with van der Waals surface area (Å²) in [6, 6.07) is 4.85. The largest absolute Gasteiger partial charge is 0.464 e. The molecule has 21 heavy (non-hydrogen) atoms. The molecule has 8 heteroatoms. The minimum atomic E-state index is -4.42. The molecular formula is C13H13F3N4O. The van der Waals surface area contributed by atoms with Crippen molar-refractivity contribution >= 4 is 5.95 Å². The van der Waals surface area contributed by atoms with Gasteiger partial charge in [0.15, 0.2) is 5.82 Å². The van der Waals surface area contributed by atoms with Gasteiger partial charge in [0, 0.05) is 12.6 Å². The molecule has 0 unspecified atom stereocenters. The van der Waals surface area contributed by atoms with Gasteiger partial charge in [-0.25, -0.2) is 0 Å². The Bertz CT molecular complexity index is 631. The first-order valence-electron chi connectivity index (χ1n) is 6.18. The van der Waals surface area contributed by atoms with Crippen molar-refractivity contribution in [1.82, 2.24) is 15.0 Å². The van der Waals surface area contributed by atoms with E-state index in [0.29, 0.717) is 6.61 Å². The maximum absolute atomic E-state index is 12.7. The number of rotatable bonds is 4. The summed E-state index contributed by atoms with van der Waals surface area (Å²) in [6.45, 7) is 2.10. The number of aromatic nitrogens is 3. The number of alkyl halides is 3. The van der Waals surface area contributed by atoms with E-state index in [9.17, 15) is 13.2 Å². The predicted molar refractivity (Wildman–Crippen MR) is 71.0 cm³/mol. The van der Waals surface area contributed by atoms with Crippen LogP contribution in [0.5, 0.6) is 6.01 Å². The Labute approximate surface area is 119 Å². The molecule has 0 saturated heterocycles. The number of halogens is 3. The molecule has 0 aliphatic carbocycles. The highest BCUT2D eigenvalue weighted by atomic mass is 19.4. The van der Waals surface area contributed by atoms with Gasteiger partial charge in [-0.15, -0.1) is 0 Å². The molecule has 112 valence electrons. The molecule has 1 heterocycles. The van der Waals surface area contributed by atoms with E-state index in [1.54, 1.807) is 14.0 Å². The summed E-state index contributed by atoms with van der Waals surface area (Å²) < 4.78 is 43.4. The lowest BCUT2D eigenvalue weighted by atomic mass is 10.1. The lowest BCUT2D eigenvalue weighted by molar-refractivity contribution is -0.137. The van der Waals surface area contributed by atoms with Crippen molar-refractivity contribution in [3.05, 3.63) is 29.8 Å². The Morgan fingerprint density at radius 1 is 1.19 bits per heavy atom. The average molecular weight is 298 g/mol. The summed E-state index contributed by atoms with van der Waals surface area (Å²) in [5, 5.41) is 2.72. The molecule has 0 saturated carbocycles. The van der Waals surface area contributed by atoms with E-state index in [1.165, 1.54) is 12.1 Å². The Morgan fingerprint density at radius 3 is 2.57 bits per heavy atom. The Hall–Kier alpha value is -2.38. The molecule has 2 aromatic rings. The van der Waals surface area contributed by atoms with Gasteiger partial charge in [-0.2, -0.15) is 28.1 Å². The van der Waals surface area contributed by atoms with Crippen molar-refractivity contribution in [1.29, 1.82) is 0 Å². The highest BCUT2D eigenvalue weighted by molar-refractivity contribution is 5.58. The SMILES string of the molecule is CCOc1nc(NC)nc(-c2cccc(C(F)(F)F)c2)n1. The minimum absolute atomic E-state index is 0.0595. The zero-order valence-corrected chi connectivity index (χ0v) is 11.4. The highest BCUT2D eigenvalue weighted by Crippen LogP contribution is 2.31. The molecule has 5 nitrogen and oxygen atoms in total. The summed E-state index contributed by atoms with van der Waals surface area (Å²) in [6.07, 6.45) is -4.42. The van der Waals surface area contributed by atoms with E-state index >= 15 is 0 Å². The van der Waals surface area contributed by atoms with Gasteiger partial charge in [0.05, 0.1) is 12.2 Å². The second-order valence-electron chi connectivity index (χ2n) is 4.03. The van der Waals surface area contributed by atoms with Crippen molar-refractivity contribution in [3.8, 4) is 17.4 Å². The molecular weight excluding hydrogens is 285 g/mol. The van der Waals surface area contributed by atoms with Crippen molar-refractivity contribution in [2.75, 3.05) is 19.0 Å². The number of hydrogen-bond donors (Lipinski definition) is 1. The van der Waals surface area contributed by atoms with Crippen LogP contribution in [0.3, 0.4) is 0 Å². The third-order valence-corrected chi connectivity index (χ3v) is 2.56. The second-order valence-corrected chi connectivity index (χ2v) is 4.03. The van der Waals surface area contributed by atoms with Crippen LogP contribution in [0.4, 0.5) is 19.1 Å². The second kappa shape index (κ2) is 5.94. The maximum atomic E-state index is 12.7. The van der Waals surface area contributed by atoms with Gasteiger partial charge >= 0.3 is 12.2 Å². The number of anilines is 1. The summed E-state index contributed by atoms with van der Waals surface area (Å²) in [4.78, 5) is 12.0. The normalized spacial score (nSPS) is 11.3. The lowest BCUT2D eigenvalue weighted by Crippen LogP contribution is -2.07. The van der Waals surface area contributed by atoms with Crippen LogP contribution in [0.15, 0.2) is 24.3 Å². The Balaban J connectivity index is 2.48. The highest BCUT2D eigenvalue weighted by Gasteiger charge is 2.30. The van der Waals surface area contributed by atoms with Gasteiger partial charge in [-0.3, -0.25) is 0 Å². The molecule has 1 aromatic heterocycles. The quantitative estimate of drug-likeness (QED) is 0.940. The fourth-order valence-corrected chi connectivity index (χ4v) is 1.63. The van der Waals surface area contributed by atoms with Gasteiger partial charge in [0.1, 0.15) is 0 Å². The van der Waals surface area contributed by atoms with Crippen LogP contribution in [-0.4, -0.2) is 28.6 Å². The van der Waals surface area contributed by atoms with Crippen molar-refractivity contribution in [2.24, 2.45) is 0 Å². The molecule has 0 atom stereocenters. The minimum Gasteiger partial charge on any atom is -0.464 e. The van der Waals surface area contributed by atoms with Crippen LogP contribution in [0.2, 0.25) is 0 Å². The number of hydrogen-bond acceptors (Lipinski definition) is 5. The summed E-state index contributed by atoms with van der Waals surface area (Å²) in [5.41, 5.74) is -0.519. The fraction of sp³-hybridized carbons (Fsp3) is 0.308. The number of benzene rings is 1. The van der Waals surface area contributed by atoms with E-state index in [0.717, 1.165) is 12.1 Å². The van der Waals surface area contributed by atoms with E-state index in [1.807, 2.05) is 0 Å².